The number of nitrogens with zero attached hydrogens (tertiary/aromatic N) is 2. The largest absolute Gasteiger partial charge is 0.373 e. The summed E-state index contributed by atoms with van der Waals surface area (Å²) in [5, 5.41) is 7.73. The molecule has 1 aliphatic heterocycles. The highest BCUT2D eigenvalue weighted by molar-refractivity contribution is 5.13. The van der Waals surface area contributed by atoms with E-state index in [4.69, 9.17) is 4.74 Å². The van der Waals surface area contributed by atoms with Crippen LogP contribution >= 0.6 is 0 Å². The minimum absolute atomic E-state index is 0.281. The Kier molecular flexibility index (Phi) is 3.61. The van der Waals surface area contributed by atoms with Gasteiger partial charge in [0.2, 0.25) is 0 Å². The minimum Gasteiger partial charge on any atom is -0.373 e. The number of ether oxygens (including phenoxy) is 1. The first kappa shape index (κ1) is 11.6. The quantitative estimate of drug-likeness (QED) is 0.843. The second-order valence-electron chi connectivity index (χ2n) is 4.55. The summed E-state index contributed by atoms with van der Waals surface area (Å²) in [6.07, 6.45) is 6.97. The molecule has 4 nitrogen and oxygen atoms in total. The summed E-state index contributed by atoms with van der Waals surface area (Å²) in [7, 11) is 1.95. The van der Waals surface area contributed by atoms with Gasteiger partial charge in [-0.05, 0) is 26.3 Å². The first-order valence-electron chi connectivity index (χ1n) is 6.08. The molecule has 2 heterocycles. The fourth-order valence-corrected chi connectivity index (χ4v) is 2.36. The zero-order chi connectivity index (χ0) is 11.5. The van der Waals surface area contributed by atoms with Crippen LogP contribution in [0.4, 0.5) is 0 Å². The van der Waals surface area contributed by atoms with Crippen molar-refractivity contribution in [3.05, 3.63) is 18.0 Å². The number of hydrogen-bond acceptors (Lipinski definition) is 3. The van der Waals surface area contributed by atoms with Crippen LogP contribution < -0.4 is 5.32 Å². The lowest BCUT2D eigenvalue weighted by Crippen LogP contribution is -2.31. The summed E-state index contributed by atoms with van der Waals surface area (Å²) < 4.78 is 7.79. The van der Waals surface area contributed by atoms with Gasteiger partial charge in [-0.2, -0.15) is 5.10 Å². The highest BCUT2D eigenvalue weighted by Crippen LogP contribution is 2.29. The van der Waals surface area contributed by atoms with Gasteiger partial charge < -0.3 is 10.1 Å². The average molecular weight is 223 g/mol. The molecule has 0 radical (unpaired) electrons. The lowest BCUT2D eigenvalue weighted by atomic mass is 10.0. The monoisotopic (exact) mass is 223 g/mol. The van der Waals surface area contributed by atoms with Gasteiger partial charge in [0, 0.05) is 18.8 Å². The average Bonchev–Trinajstić information content (AvgIpc) is 2.84. The Morgan fingerprint density at radius 1 is 1.62 bits per heavy atom. The van der Waals surface area contributed by atoms with E-state index in [0.717, 1.165) is 19.4 Å². The smallest absolute Gasteiger partial charge is 0.0775 e. The van der Waals surface area contributed by atoms with Gasteiger partial charge in [0.05, 0.1) is 24.4 Å². The van der Waals surface area contributed by atoms with E-state index in [1.165, 1.54) is 5.56 Å². The molecule has 1 fully saturated rings. The first-order chi connectivity index (χ1) is 7.70. The Morgan fingerprint density at radius 2 is 2.44 bits per heavy atom. The van der Waals surface area contributed by atoms with Crippen molar-refractivity contribution in [1.29, 1.82) is 0 Å². The normalized spacial score (nSPS) is 27.2. The van der Waals surface area contributed by atoms with Crippen LogP contribution in [-0.2, 0) is 11.8 Å². The maximum Gasteiger partial charge on any atom is 0.0775 e. The van der Waals surface area contributed by atoms with Crippen LogP contribution in [0, 0.1) is 0 Å². The number of nitrogens with one attached hydrogen (secondary N) is 1. The maximum atomic E-state index is 5.94. The molecule has 1 saturated heterocycles. The molecule has 1 aliphatic rings. The van der Waals surface area contributed by atoms with Crippen LogP contribution in [-0.4, -0.2) is 28.5 Å². The molecule has 16 heavy (non-hydrogen) atoms. The number of aromatic nitrogens is 2. The van der Waals surface area contributed by atoms with Crippen molar-refractivity contribution in [2.45, 2.75) is 44.9 Å². The molecular weight excluding hydrogens is 202 g/mol. The lowest BCUT2D eigenvalue weighted by molar-refractivity contribution is 0.0319. The van der Waals surface area contributed by atoms with Crippen molar-refractivity contribution in [3.63, 3.8) is 0 Å². The molecule has 0 aliphatic carbocycles. The summed E-state index contributed by atoms with van der Waals surface area (Å²) in [5.41, 5.74) is 1.23. The molecular formula is C12H21N3O. The Bertz CT molecular complexity index is 337. The molecule has 3 atom stereocenters. The minimum atomic E-state index is 0.281. The van der Waals surface area contributed by atoms with Crippen molar-refractivity contribution in [2.24, 2.45) is 7.05 Å². The van der Waals surface area contributed by atoms with Gasteiger partial charge in [-0.25, -0.2) is 0 Å². The molecule has 1 aromatic heterocycles. The second-order valence-corrected chi connectivity index (χ2v) is 4.55. The number of likely N-dealkylation sites (N-methyl/N-ethyl adjacent to an activating group) is 1. The van der Waals surface area contributed by atoms with E-state index in [-0.39, 0.29) is 6.04 Å². The van der Waals surface area contributed by atoms with E-state index in [1.807, 2.05) is 17.9 Å². The third-order valence-electron chi connectivity index (χ3n) is 3.14. The van der Waals surface area contributed by atoms with Gasteiger partial charge in [-0.15, -0.1) is 0 Å². The zero-order valence-corrected chi connectivity index (χ0v) is 10.3. The zero-order valence-electron chi connectivity index (χ0n) is 10.3. The molecule has 2 rings (SSSR count). The number of rotatable bonds is 4. The van der Waals surface area contributed by atoms with Crippen LogP contribution in [0.15, 0.2) is 12.4 Å². The molecule has 0 amide bonds. The van der Waals surface area contributed by atoms with Gasteiger partial charge >= 0.3 is 0 Å². The number of aryl methyl sites for hydroxylation is 1. The van der Waals surface area contributed by atoms with Gasteiger partial charge in [0.15, 0.2) is 0 Å². The van der Waals surface area contributed by atoms with E-state index in [0.29, 0.717) is 12.2 Å². The summed E-state index contributed by atoms with van der Waals surface area (Å²) in [5.74, 6) is 0. The molecule has 1 aromatic rings. The summed E-state index contributed by atoms with van der Waals surface area (Å²) >= 11 is 0. The van der Waals surface area contributed by atoms with Gasteiger partial charge in [-0.1, -0.05) is 6.92 Å². The van der Waals surface area contributed by atoms with Gasteiger partial charge in [0.1, 0.15) is 0 Å². The van der Waals surface area contributed by atoms with Crippen molar-refractivity contribution >= 4 is 0 Å². The van der Waals surface area contributed by atoms with Gasteiger partial charge in [0.25, 0.3) is 0 Å². The maximum absolute atomic E-state index is 5.94. The molecule has 0 bridgehead atoms. The van der Waals surface area contributed by atoms with Crippen molar-refractivity contribution < 1.29 is 4.74 Å². The van der Waals surface area contributed by atoms with E-state index < -0.39 is 0 Å². The van der Waals surface area contributed by atoms with Gasteiger partial charge in [-0.3, -0.25) is 4.68 Å². The second kappa shape index (κ2) is 4.97. The SMILES string of the molecule is CCNC(c1cnn(C)c1)C1CCC(C)O1. The Morgan fingerprint density at radius 3 is 2.94 bits per heavy atom. The molecule has 0 saturated carbocycles. The molecule has 90 valence electrons. The third kappa shape index (κ3) is 2.44. The van der Waals surface area contributed by atoms with Crippen molar-refractivity contribution in [1.82, 2.24) is 15.1 Å². The van der Waals surface area contributed by atoms with Crippen LogP contribution in [0.3, 0.4) is 0 Å². The summed E-state index contributed by atoms with van der Waals surface area (Å²) in [4.78, 5) is 0. The van der Waals surface area contributed by atoms with E-state index in [9.17, 15) is 0 Å². The third-order valence-corrected chi connectivity index (χ3v) is 3.14. The Labute approximate surface area is 97.0 Å². The molecule has 3 unspecified atom stereocenters. The first-order valence-corrected chi connectivity index (χ1v) is 6.08. The van der Waals surface area contributed by atoms with Crippen LogP contribution in [0.5, 0.6) is 0 Å². The highest BCUT2D eigenvalue weighted by Gasteiger charge is 2.30. The Balaban J connectivity index is 2.10. The fourth-order valence-electron chi connectivity index (χ4n) is 2.36. The number of hydrogen-bond donors (Lipinski definition) is 1. The lowest BCUT2D eigenvalue weighted by Gasteiger charge is -2.23. The predicted molar refractivity (Wildman–Crippen MR) is 63.2 cm³/mol. The molecule has 1 N–H and O–H groups in total. The highest BCUT2D eigenvalue weighted by atomic mass is 16.5. The van der Waals surface area contributed by atoms with Crippen LogP contribution in [0.1, 0.15) is 38.3 Å². The summed E-state index contributed by atoms with van der Waals surface area (Å²) in [6, 6.07) is 0.281. The van der Waals surface area contributed by atoms with E-state index >= 15 is 0 Å². The molecule has 0 aromatic carbocycles. The van der Waals surface area contributed by atoms with E-state index in [1.54, 1.807) is 0 Å². The van der Waals surface area contributed by atoms with Crippen LogP contribution in [0.2, 0.25) is 0 Å². The topological polar surface area (TPSA) is 39.1 Å². The van der Waals surface area contributed by atoms with E-state index in [2.05, 4.69) is 30.5 Å². The molecule has 4 heteroatoms. The summed E-state index contributed by atoms with van der Waals surface area (Å²) in [6.45, 7) is 5.22. The predicted octanol–water partition coefficient (Wildman–Crippen LogP) is 1.64. The fraction of sp³-hybridized carbons (Fsp3) is 0.750. The van der Waals surface area contributed by atoms with Crippen molar-refractivity contribution in [3.8, 4) is 0 Å². The van der Waals surface area contributed by atoms with Crippen molar-refractivity contribution in [2.75, 3.05) is 6.54 Å². The molecule has 0 spiro atoms. The van der Waals surface area contributed by atoms with Crippen LogP contribution in [0.25, 0.3) is 0 Å². The Hall–Kier alpha value is -0.870. The standard InChI is InChI=1S/C12H21N3O/c1-4-13-12(10-7-14-15(3)8-10)11-6-5-9(2)16-11/h7-9,11-13H,4-6H2,1-3H3.